The molecule has 1 fully saturated rings. The maximum Gasteiger partial charge on any atom is 0.0476 e. The molecular weight excluding hydrogens is 182 g/mol. The number of rotatable bonds is 6. The molecule has 0 aromatic carbocycles. The molecule has 1 saturated heterocycles. The Bertz CT molecular complexity index is 126. The summed E-state index contributed by atoms with van der Waals surface area (Å²) in [6.07, 6.45) is 3.92. The van der Waals surface area contributed by atoms with Crippen molar-refractivity contribution in [1.82, 2.24) is 5.32 Å². The molecule has 1 heterocycles. The van der Waals surface area contributed by atoms with Crippen LogP contribution in [-0.4, -0.2) is 37.3 Å². The van der Waals surface area contributed by atoms with Crippen LogP contribution in [0.2, 0.25) is 0 Å². The number of hydrogen-bond acceptors (Lipinski definition) is 3. The number of methoxy groups -OCH3 is 1. The van der Waals surface area contributed by atoms with Crippen LogP contribution >= 0.6 is 11.8 Å². The first kappa shape index (κ1) is 11.3. The van der Waals surface area contributed by atoms with Gasteiger partial charge in [0.2, 0.25) is 0 Å². The van der Waals surface area contributed by atoms with Crippen molar-refractivity contribution in [1.29, 1.82) is 0 Å². The third-order valence-electron chi connectivity index (χ3n) is 2.47. The maximum absolute atomic E-state index is 5.04. The quantitative estimate of drug-likeness (QED) is 0.712. The Morgan fingerprint density at radius 3 is 3.08 bits per heavy atom. The molecule has 1 rings (SSSR count). The first-order chi connectivity index (χ1) is 6.33. The molecule has 0 amide bonds. The number of ether oxygens (including phenoxy) is 1. The van der Waals surface area contributed by atoms with E-state index in [1.165, 1.54) is 25.1 Å². The predicted molar refractivity (Wildman–Crippen MR) is 59.4 cm³/mol. The molecular formula is C10H21NOS. The molecule has 0 spiro atoms. The van der Waals surface area contributed by atoms with Crippen LogP contribution in [0.5, 0.6) is 0 Å². The second-order valence-corrected chi connectivity index (χ2v) is 5.13. The minimum absolute atomic E-state index is 0.598. The molecule has 0 saturated carbocycles. The topological polar surface area (TPSA) is 21.3 Å². The summed E-state index contributed by atoms with van der Waals surface area (Å²) in [6.45, 7) is 4.28. The summed E-state index contributed by atoms with van der Waals surface area (Å²) in [5.41, 5.74) is 0. The monoisotopic (exact) mass is 203 g/mol. The molecule has 78 valence electrons. The van der Waals surface area contributed by atoms with Gasteiger partial charge < -0.3 is 10.1 Å². The van der Waals surface area contributed by atoms with Crippen molar-refractivity contribution in [3.63, 3.8) is 0 Å². The molecule has 2 atom stereocenters. The molecule has 2 unspecified atom stereocenters. The van der Waals surface area contributed by atoms with Crippen LogP contribution in [-0.2, 0) is 4.74 Å². The Morgan fingerprint density at radius 1 is 1.62 bits per heavy atom. The van der Waals surface area contributed by atoms with E-state index in [2.05, 4.69) is 24.0 Å². The average molecular weight is 203 g/mol. The highest BCUT2D eigenvalue weighted by molar-refractivity contribution is 8.00. The second kappa shape index (κ2) is 6.68. The smallest absolute Gasteiger partial charge is 0.0476 e. The van der Waals surface area contributed by atoms with Crippen molar-refractivity contribution in [3.05, 3.63) is 0 Å². The van der Waals surface area contributed by atoms with E-state index in [1.54, 1.807) is 7.11 Å². The molecule has 1 aliphatic heterocycles. The van der Waals surface area contributed by atoms with Crippen LogP contribution < -0.4 is 5.32 Å². The minimum Gasteiger partial charge on any atom is -0.385 e. The van der Waals surface area contributed by atoms with Crippen molar-refractivity contribution in [3.8, 4) is 0 Å². The highest BCUT2D eigenvalue weighted by Gasteiger charge is 2.15. The van der Waals surface area contributed by atoms with Crippen LogP contribution in [0.4, 0.5) is 0 Å². The van der Waals surface area contributed by atoms with Gasteiger partial charge in [0, 0.05) is 31.6 Å². The lowest BCUT2D eigenvalue weighted by Crippen LogP contribution is -2.32. The Hall–Kier alpha value is 0.270. The number of hydrogen-bond donors (Lipinski definition) is 1. The number of nitrogens with one attached hydrogen (secondary N) is 1. The molecule has 0 aliphatic carbocycles. The van der Waals surface area contributed by atoms with E-state index >= 15 is 0 Å². The molecule has 0 bridgehead atoms. The van der Waals surface area contributed by atoms with E-state index in [4.69, 9.17) is 4.74 Å². The van der Waals surface area contributed by atoms with Gasteiger partial charge >= 0.3 is 0 Å². The summed E-state index contributed by atoms with van der Waals surface area (Å²) in [6, 6.07) is 0.598. The molecule has 3 heteroatoms. The summed E-state index contributed by atoms with van der Waals surface area (Å²) in [5.74, 6) is 1.36. The van der Waals surface area contributed by atoms with Crippen LogP contribution in [0.3, 0.4) is 0 Å². The first-order valence-electron chi connectivity index (χ1n) is 5.17. The van der Waals surface area contributed by atoms with Gasteiger partial charge in [-0.25, -0.2) is 0 Å². The number of thioether (sulfide) groups is 1. The van der Waals surface area contributed by atoms with E-state index in [1.807, 2.05) is 0 Å². The summed E-state index contributed by atoms with van der Waals surface area (Å²) in [7, 11) is 1.76. The van der Waals surface area contributed by atoms with Gasteiger partial charge in [0.15, 0.2) is 0 Å². The summed E-state index contributed by atoms with van der Waals surface area (Å²) >= 11 is 2.11. The zero-order chi connectivity index (χ0) is 9.52. The first-order valence-corrected chi connectivity index (χ1v) is 6.21. The van der Waals surface area contributed by atoms with Crippen molar-refractivity contribution >= 4 is 11.8 Å². The zero-order valence-electron chi connectivity index (χ0n) is 8.71. The summed E-state index contributed by atoms with van der Waals surface area (Å²) in [5, 5.41) is 4.42. The van der Waals surface area contributed by atoms with E-state index < -0.39 is 0 Å². The minimum atomic E-state index is 0.598. The van der Waals surface area contributed by atoms with Crippen LogP contribution in [0.25, 0.3) is 0 Å². The highest BCUT2D eigenvalue weighted by atomic mass is 32.2. The molecule has 0 aromatic heterocycles. The Balaban J connectivity index is 1.97. The molecule has 13 heavy (non-hydrogen) atoms. The molecule has 1 aliphatic rings. The normalized spacial score (nSPS) is 24.9. The van der Waals surface area contributed by atoms with Gasteiger partial charge in [0.25, 0.3) is 0 Å². The van der Waals surface area contributed by atoms with Gasteiger partial charge in [0.1, 0.15) is 0 Å². The SMILES string of the molecule is COCCC(C)NCC1CCCS1. The molecule has 2 nitrogen and oxygen atoms in total. The highest BCUT2D eigenvalue weighted by Crippen LogP contribution is 2.25. The Kier molecular flexibility index (Phi) is 5.83. The zero-order valence-corrected chi connectivity index (χ0v) is 9.53. The third kappa shape index (κ3) is 4.89. The van der Waals surface area contributed by atoms with E-state index in [0.717, 1.165) is 18.3 Å². The van der Waals surface area contributed by atoms with Gasteiger partial charge in [-0.2, -0.15) is 11.8 Å². The van der Waals surface area contributed by atoms with E-state index in [-0.39, 0.29) is 0 Å². The third-order valence-corrected chi connectivity index (χ3v) is 3.87. The van der Waals surface area contributed by atoms with Crippen LogP contribution in [0, 0.1) is 0 Å². The molecule has 0 radical (unpaired) electrons. The van der Waals surface area contributed by atoms with Gasteiger partial charge in [-0.1, -0.05) is 0 Å². The van der Waals surface area contributed by atoms with Gasteiger partial charge in [-0.15, -0.1) is 0 Å². The Morgan fingerprint density at radius 2 is 2.46 bits per heavy atom. The van der Waals surface area contributed by atoms with Crippen molar-refractivity contribution in [2.75, 3.05) is 26.0 Å². The van der Waals surface area contributed by atoms with Crippen molar-refractivity contribution in [2.45, 2.75) is 37.5 Å². The van der Waals surface area contributed by atoms with Crippen molar-refractivity contribution < 1.29 is 4.74 Å². The summed E-state index contributed by atoms with van der Waals surface area (Å²) in [4.78, 5) is 0. The van der Waals surface area contributed by atoms with Gasteiger partial charge in [0.05, 0.1) is 0 Å². The lowest BCUT2D eigenvalue weighted by molar-refractivity contribution is 0.185. The van der Waals surface area contributed by atoms with Crippen molar-refractivity contribution in [2.24, 2.45) is 0 Å². The summed E-state index contributed by atoms with van der Waals surface area (Å²) < 4.78 is 5.04. The van der Waals surface area contributed by atoms with E-state index in [0.29, 0.717) is 6.04 Å². The van der Waals surface area contributed by atoms with Gasteiger partial charge in [-0.3, -0.25) is 0 Å². The fourth-order valence-electron chi connectivity index (χ4n) is 1.53. The fraction of sp³-hybridized carbons (Fsp3) is 1.00. The molecule has 1 N–H and O–H groups in total. The lowest BCUT2D eigenvalue weighted by Gasteiger charge is -2.16. The second-order valence-electron chi connectivity index (χ2n) is 3.73. The Labute approximate surface area is 85.8 Å². The average Bonchev–Trinajstić information content (AvgIpc) is 2.64. The predicted octanol–water partition coefficient (Wildman–Crippen LogP) is 1.90. The largest absolute Gasteiger partial charge is 0.385 e. The molecule has 0 aromatic rings. The lowest BCUT2D eigenvalue weighted by atomic mass is 10.2. The van der Waals surface area contributed by atoms with Crippen LogP contribution in [0.15, 0.2) is 0 Å². The van der Waals surface area contributed by atoms with E-state index in [9.17, 15) is 0 Å². The van der Waals surface area contributed by atoms with Gasteiger partial charge in [-0.05, 0) is 31.9 Å². The fourth-order valence-corrected chi connectivity index (χ4v) is 2.75. The standard InChI is InChI=1S/C10H21NOS/c1-9(5-6-12-2)11-8-10-4-3-7-13-10/h9-11H,3-8H2,1-2H3. The van der Waals surface area contributed by atoms with Crippen LogP contribution in [0.1, 0.15) is 26.2 Å². The maximum atomic E-state index is 5.04.